The lowest BCUT2D eigenvalue weighted by Crippen LogP contribution is -2.18. The molecule has 0 atom stereocenters. The minimum absolute atomic E-state index is 0.0820. The molecule has 0 aliphatic carbocycles. The standard InChI is InChI=1S/C15H15NO2/c1-16-15(17)14-6-4-3-5-13(14)11-7-9-12(18-2)10-8-11/h3-10H,1-2H3,(H,16,17). The Hall–Kier alpha value is -2.29. The van der Waals surface area contributed by atoms with E-state index in [9.17, 15) is 4.79 Å². The minimum Gasteiger partial charge on any atom is -0.497 e. The summed E-state index contributed by atoms with van der Waals surface area (Å²) in [6.07, 6.45) is 0. The summed E-state index contributed by atoms with van der Waals surface area (Å²) in [4.78, 5) is 11.8. The van der Waals surface area contributed by atoms with Crippen molar-refractivity contribution in [3.8, 4) is 16.9 Å². The number of hydrogen-bond acceptors (Lipinski definition) is 2. The topological polar surface area (TPSA) is 38.3 Å². The lowest BCUT2D eigenvalue weighted by molar-refractivity contribution is 0.0963. The van der Waals surface area contributed by atoms with Crippen LogP contribution >= 0.6 is 0 Å². The summed E-state index contributed by atoms with van der Waals surface area (Å²) in [5, 5.41) is 2.65. The first-order chi connectivity index (χ1) is 8.76. The molecule has 0 spiro atoms. The number of benzene rings is 2. The number of carbonyl (C=O) groups excluding carboxylic acids is 1. The fraction of sp³-hybridized carbons (Fsp3) is 0.133. The average Bonchev–Trinajstić information content (AvgIpc) is 2.46. The van der Waals surface area contributed by atoms with Crippen LogP contribution in [0.15, 0.2) is 48.5 Å². The quantitative estimate of drug-likeness (QED) is 0.897. The van der Waals surface area contributed by atoms with E-state index in [2.05, 4.69) is 5.32 Å². The first-order valence-electron chi connectivity index (χ1n) is 5.72. The number of methoxy groups -OCH3 is 1. The summed E-state index contributed by atoms with van der Waals surface area (Å²) in [7, 11) is 3.26. The zero-order valence-corrected chi connectivity index (χ0v) is 10.4. The molecule has 0 heterocycles. The Labute approximate surface area is 106 Å². The van der Waals surface area contributed by atoms with Gasteiger partial charge in [-0.05, 0) is 29.3 Å². The van der Waals surface area contributed by atoms with Crippen molar-refractivity contribution in [1.29, 1.82) is 0 Å². The summed E-state index contributed by atoms with van der Waals surface area (Å²) in [5.41, 5.74) is 2.58. The van der Waals surface area contributed by atoms with E-state index in [0.717, 1.165) is 16.9 Å². The average molecular weight is 241 g/mol. The molecule has 3 heteroatoms. The minimum atomic E-state index is -0.0820. The third-order valence-corrected chi connectivity index (χ3v) is 2.80. The van der Waals surface area contributed by atoms with Crippen molar-refractivity contribution in [2.24, 2.45) is 0 Å². The van der Waals surface area contributed by atoms with Gasteiger partial charge in [0.05, 0.1) is 7.11 Å². The van der Waals surface area contributed by atoms with Crippen molar-refractivity contribution in [2.75, 3.05) is 14.2 Å². The normalized spacial score (nSPS) is 9.89. The molecule has 2 rings (SSSR count). The Balaban J connectivity index is 2.46. The van der Waals surface area contributed by atoms with E-state index >= 15 is 0 Å². The highest BCUT2D eigenvalue weighted by molar-refractivity contribution is 6.00. The van der Waals surface area contributed by atoms with Gasteiger partial charge in [-0.3, -0.25) is 4.79 Å². The lowest BCUT2D eigenvalue weighted by Gasteiger charge is -2.09. The van der Waals surface area contributed by atoms with Gasteiger partial charge in [0.15, 0.2) is 0 Å². The van der Waals surface area contributed by atoms with Crippen molar-refractivity contribution in [3.63, 3.8) is 0 Å². The van der Waals surface area contributed by atoms with Crippen LogP contribution in [-0.2, 0) is 0 Å². The molecule has 0 unspecified atom stereocenters. The van der Waals surface area contributed by atoms with E-state index in [1.54, 1.807) is 14.2 Å². The SMILES string of the molecule is CNC(=O)c1ccccc1-c1ccc(OC)cc1. The number of ether oxygens (including phenoxy) is 1. The molecule has 0 fully saturated rings. The summed E-state index contributed by atoms with van der Waals surface area (Å²) < 4.78 is 5.12. The fourth-order valence-electron chi connectivity index (χ4n) is 1.84. The molecule has 1 amide bonds. The zero-order valence-electron chi connectivity index (χ0n) is 10.4. The molecule has 3 nitrogen and oxygen atoms in total. The van der Waals surface area contributed by atoms with Gasteiger partial charge in [-0.25, -0.2) is 0 Å². The number of nitrogens with one attached hydrogen (secondary N) is 1. The van der Waals surface area contributed by atoms with E-state index in [-0.39, 0.29) is 5.91 Å². The van der Waals surface area contributed by atoms with Crippen LogP contribution in [0.25, 0.3) is 11.1 Å². The summed E-state index contributed by atoms with van der Waals surface area (Å²) >= 11 is 0. The molecule has 0 aliphatic rings. The van der Waals surface area contributed by atoms with Crippen molar-refractivity contribution < 1.29 is 9.53 Å². The maximum absolute atomic E-state index is 11.8. The molecule has 92 valence electrons. The van der Waals surface area contributed by atoms with Crippen molar-refractivity contribution in [3.05, 3.63) is 54.1 Å². The molecule has 2 aromatic carbocycles. The van der Waals surface area contributed by atoms with Crippen LogP contribution in [0.5, 0.6) is 5.75 Å². The van der Waals surface area contributed by atoms with Crippen LogP contribution in [0.2, 0.25) is 0 Å². The second-order valence-electron chi connectivity index (χ2n) is 3.85. The van der Waals surface area contributed by atoms with Crippen LogP contribution in [-0.4, -0.2) is 20.1 Å². The van der Waals surface area contributed by atoms with Crippen LogP contribution in [0.4, 0.5) is 0 Å². The van der Waals surface area contributed by atoms with Crippen LogP contribution < -0.4 is 10.1 Å². The first kappa shape index (κ1) is 12.2. The lowest BCUT2D eigenvalue weighted by atomic mass is 9.99. The predicted octanol–water partition coefficient (Wildman–Crippen LogP) is 2.72. The van der Waals surface area contributed by atoms with Crippen molar-refractivity contribution in [1.82, 2.24) is 5.32 Å². The summed E-state index contributed by atoms with van der Waals surface area (Å²) in [5.74, 6) is 0.720. The molecule has 18 heavy (non-hydrogen) atoms. The van der Waals surface area contributed by atoms with Gasteiger partial charge < -0.3 is 10.1 Å². The maximum atomic E-state index is 11.8. The monoisotopic (exact) mass is 241 g/mol. The van der Waals surface area contributed by atoms with E-state index in [4.69, 9.17) is 4.74 Å². The van der Waals surface area contributed by atoms with Gasteiger partial charge in [0.1, 0.15) is 5.75 Å². The second kappa shape index (κ2) is 5.36. The highest BCUT2D eigenvalue weighted by atomic mass is 16.5. The molecule has 1 N–H and O–H groups in total. The van der Waals surface area contributed by atoms with Gasteiger partial charge in [0.2, 0.25) is 0 Å². The van der Waals surface area contributed by atoms with E-state index in [1.807, 2.05) is 48.5 Å². The maximum Gasteiger partial charge on any atom is 0.251 e. The molecular formula is C15H15NO2. The molecule has 0 bridgehead atoms. The Morgan fingerprint density at radius 1 is 1.06 bits per heavy atom. The van der Waals surface area contributed by atoms with Gasteiger partial charge in [-0.15, -0.1) is 0 Å². The van der Waals surface area contributed by atoms with Gasteiger partial charge in [0, 0.05) is 12.6 Å². The highest BCUT2D eigenvalue weighted by Crippen LogP contribution is 2.25. The predicted molar refractivity (Wildman–Crippen MR) is 71.8 cm³/mol. The Kier molecular flexibility index (Phi) is 3.63. The number of hydrogen-bond donors (Lipinski definition) is 1. The van der Waals surface area contributed by atoms with Crippen LogP contribution in [0, 0.1) is 0 Å². The first-order valence-corrected chi connectivity index (χ1v) is 5.72. The molecule has 0 aromatic heterocycles. The summed E-state index contributed by atoms with van der Waals surface area (Å²) in [6, 6.07) is 15.2. The number of carbonyl (C=O) groups is 1. The largest absolute Gasteiger partial charge is 0.497 e. The van der Waals surface area contributed by atoms with E-state index in [1.165, 1.54) is 0 Å². The molecular weight excluding hydrogens is 226 g/mol. The highest BCUT2D eigenvalue weighted by Gasteiger charge is 2.10. The van der Waals surface area contributed by atoms with Gasteiger partial charge >= 0.3 is 0 Å². The van der Waals surface area contributed by atoms with E-state index < -0.39 is 0 Å². The summed E-state index contributed by atoms with van der Waals surface area (Å²) in [6.45, 7) is 0. The molecule has 2 aromatic rings. The Bertz CT molecular complexity index is 547. The van der Waals surface area contributed by atoms with Crippen LogP contribution in [0.3, 0.4) is 0 Å². The van der Waals surface area contributed by atoms with E-state index in [0.29, 0.717) is 5.56 Å². The molecule has 0 saturated heterocycles. The van der Waals surface area contributed by atoms with Gasteiger partial charge in [-0.2, -0.15) is 0 Å². The third-order valence-electron chi connectivity index (χ3n) is 2.80. The smallest absolute Gasteiger partial charge is 0.251 e. The van der Waals surface area contributed by atoms with Gasteiger partial charge in [-0.1, -0.05) is 30.3 Å². The third kappa shape index (κ3) is 2.35. The molecule has 0 radical (unpaired) electrons. The van der Waals surface area contributed by atoms with Crippen LogP contribution in [0.1, 0.15) is 10.4 Å². The Morgan fingerprint density at radius 3 is 2.33 bits per heavy atom. The van der Waals surface area contributed by atoms with Gasteiger partial charge in [0.25, 0.3) is 5.91 Å². The fourth-order valence-corrected chi connectivity index (χ4v) is 1.84. The number of amides is 1. The zero-order chi connectivity index (χ0) is 13.0. The molecule has 0 saturated carbocycles. The van der Waals surface area contributed by atoms with Crippen molar-refractivity contribution in [2.45, 2.75) is 0 Å². The Morgan fingerprint density at radius 2 is 1.72 bits per heavy atom. The second-order valence-corrected chi connectivity index (χ2v) is 3.85. The number of rotatable bonds is 3. The van der Waals surface area contributed by atoms with Crippen molar-refractivity contribution >= 4 is 5.91 Å². The molecule has 0 aliphatic heterocycles.